The molecular weight excluding hydrogens is 313 g/mol. The molecule has 3 aromatic rings. The minimum atomic E-state index is -0.381. The quantitative estimate of drug-likeness (QED) is 0.753. The Hall–Kier alpha value is -3.09. The third-order valence-corrected chi connectivity index (χ3v) is 3.76. The van der Waals surface area contributed by atoms with Gasteiger partial charge in [0.1, 0.15) is 5.82 Å². The molecule has 0 aliphatic heterocycles. The van der Waals surface area contributed by atoms with Crippen molar-refractivity contribution in [1.82, 2.24) is 14.8 Å². The summed E-state index contributed by atoms with van der Waals surface area (Å²) in [6, 6.07) is 11.1. The lowest BCUT2D eigenvalue weighted by Crippen LogP contribution is -2.19. The summed E-state index contributed by atoms with van der Waals surface area (Å²) >= 11 is 0. The van der Waals surface area contributed by atoms with Gasteiger partial charge < -0.3 is 9.84 Å². The molecule has 7 heteroatoms. The summed E-state index contributed by atoms with van der Waals surface area (Å²) in [6.07, 6.45) is 0.355. The second-order valence-corrected chi connectivity index (χ2v) is 5.23. The van der Waals surface area contributed by atoms with Gasteiger partial charge in [-0.15, -0.1) is 0 Å². The number of aromatic amines is 1. The smallest absolute Gasteiger partial charge is 0.343 e. The first-order valence-corrected chi connectivity index (χ1v) is 7.36. The molecule has 1 heterocycles. The lowest BCUT2D eigenvalue weighted by molar-refractivity contribution is 0.373. The molecule has 0 unspecified atom stereocenters. The number of H-pyrrole nitrogens is 1. The van der Waals surface area contributed by atoms with Crippen LogP contribution in [0.3, 0.4) is 0 Å². The zero-order chi connectivity index (χ0) is 17.1. The molecule has 2 aromatic carbocycles. The predicted molar refractivity (Wildman–Crippen MR) is 86.6 cm³/mol. The maximum absolute atomic E-state index is 13.7. The van der Waals surface area contributed by atoms with E-state index in [1.807, 2.05) is 0 Å². The summed E-state index contributed by atoms with van der Waals surface area (Å²) in [4.78, 5) is 12.0. The van der Waals surface area contributed by atoms with Crippen molar-refractivity contribution in [3.8, 4) is 22.9 Å². The molecule has 0 saturated heterocycles. The molecule has 0 spiro atoms. The van der Waals surface area contributed by atoms with Gasteiger partial charge in [0, 0.05) is 12.1 Å². The molecule has 0 radical (unpaired) electrons. The highest BCUT2D eigenvalue weighted by Gasteiger charge is 2.13. The average molecular weight is 329 g/mol. The molecule has 124 valence electrons. The Bertz CT molecular complexity index is 917. The SMILES string of the molecule is COc1cc(-c2n[nH]c(=O)n2CCc2ccccc2F)ccc1O. The molecule has 0 aliphatic rings. The van der Waals surface area contributed by atoms with Gasteiger partial charge in [-0.25, -0.2) is 14.3 Å². The van der Waals surface area contributed by atoms with E-state index in [4.69, 9.17) is 4.74 Å². The number of nitrogens with one attached hydrogen (secondary N) is 1. The molecular formula is C17H16FN3O3. The summed E-state index contributed by atoms with van der Waals surface area (Å²) in [7, 11) is 1.44. The van der Waals surface area contributed by atoms with E-state index >= 15 is 0 Å². The van der Waals surface area contributed by atoms with Crippen molar-refractivity contribution in [2.75, 3.05) is 7.11 Å². The number of methoxy groups -OCH3 is 1. The lowest BCUT2D eigenvalue weighted by Gasteiger charge is -2.09. The van der Waals surface area contributed by atoms with Crippen LogP contribution >= 0.6 is 0 Å². The van der Waals surface area contributed by atoms with Gasteiger partial charge >= 0.3 is 5.69 Å². The number of phenols is 1. The number of aromatic nitrogens is 3. The second kappa shape index (κ2) is 6.57. The van der Waals surface area contributed by atoms with Crippen molar-refractivity contribution >= 4 is 0 Å². The van der Waals surface area contributed by atoms with Crippen LogP contribution in [0.2, 0.25) is 0 Å². The number of ether oxygens (including phenoxy) is 1. The van der Waals surface area contributed by atoms with E-state index in [1.165, 1.54) is 23.8 Å². The first-order valence-electron chi connectivity index (χ1n) is 7.36. The summed E-state index contributed by atoms with van der Waals surface area (Å²) in [5, 5.41) is 16.1. The Morgan fingerprint density at radius 1 is 1.29 bits per heavy atom. The summed E-state index contributed by atoms with van der Waals surface area (Å²) in [6.45, 7) is 0.273. The van der Waals surface area contributed by atoms with Crippen LogP contribution in [0.4, 0.5) is 4.39 Å². The van der Waals surface area contributed by atoms with E-state index in [0.29, 0.717) is 23.4 Å². The Morgan fingerprint density at radius 3 is 2.83 bits per heavy atom. The minimum absolute atomic E-state index is 0.00274. The zero-order valence-electron chi connectivity index (χ0n) is 13.0. The summed E-state index contributed by atoms with van der Waals surface area (Å²) in [5.74, 6) is 0.372. The van der Waals surface area contributed by atoms with Crippen LogP contribution in [-0.2, 0) is 13.0 Å². The molecule has 0 bridgehead atoms. The fourth-order valence-corrected chi connectivity index (χ4v) is 2.50. The Balaban J connectivity index is 1.92. The second-order valence-electron chi connectivity index (χ2n) is 5.23. The van der Waals surface area contributed by atoms with Gasteiger partial charge in [0.05, 0.1) is 7.11 Å². The molecule has 2 N–H and O–H groups in total. The maximum atomic E-state index is 13.7. The average Bonchev–Trinajstić information content (AvgIpc) is 2.95. The summed E-state index contributed by atoms with van der Waals surface area (Å²) in [5.41, 5.74) is 0.754. The van der Waals surface area contributed by atoms with Crippen LogP contribution in [0.15, 0.2) is 47.3 Å². The van der Waals surface area contributed by atoms with Crippen molar-refractivity contribution in [2.24, 2.45) is 0 Å². The van der Waals surface area contributed by atoms with Gasteiger partial charge in [-0.3, -0.25) is 4.57 Å². The highest BCUT2D eigenvalue weighted by Crippen LogP contribution is 2.30. The number of phenolic OH excluding ortho intramolecular Hbond substituents is 1. The molecule has 0 fully saturated rings. The molecule has 1 aromatic heterocycles. The van der Waals surface area contributed by atoms with Crippen LogP contribution in [0.5, 0.6) is 11.5 Å². The van der Waals surface area contributed by atoms with E-state index in [9.17, 15) is 14.3 Å². The van der Waals surface area contributed by atoms with Crippen molar-refractivity contribution in [3.63, 3.8) is 0 Å². The van der Waals surface area contributed by atoms with Crippen LogP contribution in [-0.4, -0.2) is 27.0 Å². The van der Waals surface area contributed by atoms with Gasteiger partial charge in [-0.2, -0.15) is 5.10 Å². The topological polar surface area (TPSA) is 80.1 Å². The van der Waals surface area contributed by atoms with Crippen molar-refractivity contribution in [2.45, 2.75) is 13.0 Å². The number of rotatable bonds is 5. The normalized spacial score (nSPS) is 10.8. The molecule has 3 rings (SSSR count). The first-order chi connectivity index (χ1) is 11.6. The Kier molecular flexibility index (Phi) is 4.33. The van der Waals surface area contributed by atoms with Gasteiger partial charge in [0.25, 0.3) is 0 Å². The van der Waals surface area contributed by atoms with Crippen molar-refractivity contribution in [1.29, 1.82) is 0 Å². The van der Waals surface area contributed by atoms with Gasteiger partial charge in [-0.1, -0.05) is 18.2 Å². The molecule has 0 amide bonds. The van der Waals surface area contributed by atoms with Gasteiger partial charge in [-0.05, 0) is 36.2 Å². The number of hydrogen-bond acceptors (Lipinski definition) is 4. The molecule has 0 saturated carbocycles. The Labute approximate surface area is 137 Å². The number of benzene rings is 2. The molecule has 0 aliphatic carbocycles. The largest absolute Gasteiger partial charge is 0.504 e. The highest BCUT2D eigenvalue weighted by molar-refractivity contribution is 5.60. The number of nitrogens with zero attached hydrogens (tertiary/aromatic N) is 2. The van der Waals surface area contributed by atoms with Crippen LogP contribution in [0.25, 0.3) is 11.4 Å². The molecule has 24 heavy (non-hydrogen) atoms. The third-order valence-electron chi connectivity index (χ3n) is 3.76. The van der Waals surface area contributed by atoms with E-state index in [0.717, 1.165) is 0 Å². The maximum Gasteiger partial charge on any atom is 0.343 e. The molecule has 6 nitrogen and oxygen atoms in total. The first kappa shape index (κ1) is 15.8. The van der Waals surface area contributed by atoms with Crippen LogP contribution in [0.1, 0.15) is 5.56 Å². The summed E-state index contributed by atoms with van der Waals surface area (Å²) < 4.78 is 20.2. The van der Waals surface area contributed by atoms with E-state index in [1.54, 1.807) is 30.3 Å². The third kappa shape index (κ3) is 3.01. The number of aromatic hydroxyl groups is 1. The number of aryl methyl sites for hydroxylation is 1. The minimum Gasteiger partial charge on any atom is -0.504 e. The Morgan fingerprint density at radius 2 is 2.08 bits per heavy atom. The monoisotopic (exact) mass is 329 g/mol. The van der Waals surface area contributed by atoms with Crippen LogP contribution < -0.4 is 10.4 Å². The highest BCUT2D eigenvalue weighted by atomic mass is 19.1. The zero-order valence-corrected chi connectivity index (χ0v) is 13.0. The van der Waals surface area contributed by atoms with Gasteiger partial charge in [0.15, 0.2) is 17.3 Å². The van der Waals surface area contributed by atoms with E-state index in [-0.39, 0.29) is 29.6 Å². The predicted octanol–water partition coefficient (Wildman–Crippen LogP) is 2.33. The fourth-order valence-electron chi connectivity index (χ4n) is 2.50. The van der Waals surface area contributed by atoms with Crippen LogP contribution in [0, 0.1) is 5.82 Å². The number of halogens is 1. The van der Waals surface area contributed by atoms with E-state index in [2.05, 4.69) is 10.2 Å². The fraction of sp³-hybridized carbons (Fsp3) is 0.176. The van der Waals surface area contributed by atoms with E-state index < -0.39 is 0 Å². The number of hydrogen-bond donors (Lipinski definition) is 2. The molecule has 0 atom stereocenters. The van der Waals surface area contributed by atoms with Crippen molar-refractivity contribution < 1.29 is 14.2 Å². The van der Waals surface area contributed by atoms with Gasteiger partial charge in [0.2, 0.25) is 0 Å². The lowest BCUT2D eigenvalue weighted by atomic mass is 10.1. The standard InChI is InChI=1S/C17H16FN3O3/c1-24-15-10-12(6-7-14(15)22)16-19-20-17(23)21(16)9-8-11-4-2-3-5-13(11)18/h2-7,10,22H,8-9H2,1H3,(H,20,23). The van der Waals surface area contributed by atoms with Crippen molar-refractivity contribution in [3.05, 3.63) is 64.3 Å².